The van der Waals surface area contributed by atoms with Crippen molar-refractivity contribution in [3.05, 3.63) is 44.9 Å². The van der Waals surface area contributed by atoms with E-state index in [9.17, 15) is 14.7 Å². The normalized spacial score (nSPS) is 35.4. The molecule has 0 amide bonds. The van der Waals surface area contributed by atoms with Crippen molar-refractivity contribution in [1.82, 2.24) is 9.55 Å². The predicted molar refractivity (Wildman–Crippen MR) is 68.4 cm³/mol. The number of nitrogens with zero attached hydrogens (tertiary/aromatic N) is 1. The Morgan fingerprint density at radius 3 is 2.95 bits per heavy atom. The minimum atomic E-state index is -1.21. The largest absolute Gasteiger partial charge is 0.510 e. The van der Waals surface area contributed by atoms with Crippen molar-refractivity contribution in [2.75, 3.05) is 6.61 Å². The Balaban J connectivity index is 2.07. The predicted octanol–water partition coefficient (Wildman–Crippen LogP) is -1.09. The highest BCUT2D eigenvalue weighted by Crippen LogP contribution is 2.46. The molecule has 2 fully saturated rings. The molecule has 2 saturated heterocycles. The summed E-state index contributed by atoms with van der Waals surface area (Å²) in [6.45, 7) is 5.12. The van der Waals surface area contributed by atoms with Crippen LogP contribution in [0.25, 0.3) is 0 Å². The number of rotatable bonds is 2. The highest BCUT2D eigenvalue weighted by atomic mass is 16.6. The molecule has 8 heteroatoms. The van der Waals surface area contributed by atoms with Crippen LogP contribution < -0.4 is 17.0 Å². The Morgan fingerprint density at radius 1 is 1.65 bits per heavy atom. The van der Waals surface area contributed by atoms with Gasteiger partial charge in [-0.3, -0.25) is 14.3 Å². The van der Waals surface area contributed by atoms with E-state index in [1.807, 2.05) is 0 Å². The van der Waals surface area contributed by atoms with Crippen LogP contribution in [0.5, 0.6) is 0 Å². The van der Waals surface area contributed by atoms with Crippen molar-refractivity contribution in [3.8, 4) is 0 Å². The zero-order chi connectivity index (χ0) is 14.7. The van der Waals surface area contributed by atoms with Crippen LogP contribution in [0.2, 0.25) is 0 Å². The van der Waals surface area contributed by atoms with Gasteiger partial charge in [0.2, 0.25) is 0 Å². The van der Waals surface area contributed by atoms with Crippen LogP contribution in [0.1, 0.15) is 11.8 Å². The van der Waals surface area contributed by atoms with E-state index in [2.05, 4.69) is 11.6 Å². The number of ether oxygens (including phenoxy) is 2. The lowest BCUT2D eigenvalue weighted by Gasteiger charge is -2.30. The molecule has 0 spiro atoms. The van der Waals surface area contributed by atoms with Gasteiger partial charge in [0.15, 0.2) is 11.8 Å². The minimum Gasteiger partial charge on any atom is -0.510 e. The monoisotopic (exact) mass is 281 g/mol. The maximum Gasteiger partial charge on any atom is 0.330 e. The molecule has 4 N–H and O–H groups in total. The van der Waals surface area contributed by atoms with Gasteiger partial charge in [-0.2, -0.15) is 0 Å². The summed E-state index contributed by atoms with van der Waals surface area (Å²) in [5.41, 5.74) is 4.09. The van der Waals surface area contributed by atoms with Crippen molar-refractivity contribution in [2.45, 2.75) is 30.9 Å². The van der Waals surface area contributed by atoms with Crippen LogP contribution in [0.15, 0.2) is 28.1 Å². The molecule has 1 aromatic rings. The van der Waals surface area contributed by atoms with Crippen LogP contribution in [0, 0.1) is 6.92 Å². The van der Waals surface area contributed by atoms with E-state index in [1.165, 1.54) is 10.8 Å². The molecule has 3 heterocycles. The number of fused-ring (bicyclic) bond motifs is 2. The van der Waals surface area contributed by atoms with Gasteiger partial charge in [-0.25, -0.2) is 4.79 Å². The fourth-order valence-corrected chi connectivity index (χ4v) is 2.67. The van der Waals surface area contributed by atoms with E-state index in [-0.39, 0.29) is 12.4 Å². The smallest absolute Gasteiger partial charge is 0.330 e. The number of hydrogen-bond acceptors (Lipinski definition) is 6. The fourth-order valence-electron chi connectivity index (χ4n) is 2.67. The summed E-state index contributed by atoms with van der Waals surface area (Å²) in [7, 11) is 0. The van der Waals surface area contributed by atoms with Gasteiger partial charge in [-0.15, -0.1) is 0 Å². The lowest BCUT2D eigenvalue weighted by atomic mass is 9.95. The topological polar surface area (TPSA) is 120 Å². The Morgan fingerprint density at radius 2 is 2.35 bits per heavy atom. The lowest BCUT2D eigenvalue weighted by molar-refractivity contribution is -0.168. The molecule has 4 unspecified atom stereocenters. The molecule has 8 nitrogen and oxygen atoms in total. The standard InChI is InChI=1S/C12H15N3O5/c1-5-3-15(11(18)14-9(5)17)10-7-8(13)12(20-10,4-19-7)6(2)16/h3,7-8,10,16H,2,4,13H2,1H3,(H,14,17,18). The zero-order valence-electron chi connectivity index (χ0n) is 10.8. The minimum absolute atomic E-state index is 0.0851. The molecule has 0 saturated carbocycles. The van der Waals surface area contributed by atoms with E-state index in [4.69, 9.17) is 15.2 Å². The molecule has 2 aliphatic rings. The molecular weight excluding hydrogens is 266 g/mol. The number of nitrogens with two attached hydrogens (primary N) is 1. The van der Waals surface area contributed by atoms with Gasteiger partial charge >= 0.3 is 5.69 Å². The van der Waals surface area contributed by atoms with Crippen molar-refractivity contribution in [1.29, 1.82) is 0 Å². The maximum atomic E-state index is 11.9. The second kappa shape index (κ2) is 4.05. The fraction of sp³-hybridized carbons (Fsp3) is 0.500. The Bertz CT molecular complexity index is 693. The van der Waals surface area contributed by atoms with Crippen LogP contribution in [-0.4, -0.2) is 39.0 Å². The summed E-state index contributed by atoms with van der Waals surface area (Å²) in [4.78, 5) is 25.5. The first kappa shape index (κ1) is 13.1. The molecule has 0 radical (unpaired) electrons. The van der Waals surface area contributed by atoms with E-state index in [0.29, 0.717) is 5.56 Å². The Hall–Kier alpha value is -1.90. The second-order valence-electron chi connectivity index (χ2n) is 5.12. The van der Waals surface area contributed by atoms with Gasteiger partial charge in [0.25, 0.3) is 5.56 Å². The SMILES string of the molecule is C=C(O)C12COC(C(n3cc(C)c(=O)[nH]c3=O)O1)C2N. The molecule has 3 rings (SSSR count). The van der Waals surface area contributed by atoms with E-state index in [1.54, 1.807) is 6.92 Å². The maximum absolute atomic E-state index is 11.9. The van der Waals surface area contributed by atoms with Crippen molar-refractivity contribution < 1.29 is 14.6 Å². The molecular formula is C12H15N3O5. The van der Waals surface area contributed by atoms with Gasteiger partial charge < -0.3 is 20.3 Å². The van der Waals surface area contributed by atoms with Crippen LogP contribution in [-0.2, 0) is 9.47 Å². The summed E-state index contributed by atoms with van der Waals surface area (Å²) in [5.74, 6) is -0.232. The third-order valence-electron chi connectivity index (χ3n) is 3.90. The number of aryl methyl sites for hydroxylation is 1. The first-order chi connectivity index (χ1) is 9.36. The summed E-state index contributed by atoms with van der Waals surface area (Å²) < 4.78 is 12.4. The number of aromatic nitrogens is 2. The molecule has 0 aromatic carbocycles. The Kier molecular flexibility index (Phi) is 2.65. The molecule has 4 atom stereocenters. The van der Waals surface area contributed by atoms with Crippen LogP contribution >= 0.6 is 0 Å². The highest BCUT2D eigenvalue weighted by molar-refractivity contribution is 5.21. The third kappa shape index (κ3) is 1.52. The molecule has 108 valence electrons. The summed E-state index contributed by atoms with van der Waals surface area (Å²) in [6, 6.07) is -0.635. The average Bonchev–Trinajstić information content (AvgIpc) is 2.86. The van der Waals surface area contributed by atoms with E-state index in [0.717, 1.165) is 0 Å². The van der Waals surface area contributed by atoms with Crippen molar-refractivity contribution in [3.63, 3.8) is 0 Å². The first-order valence-electron chi connectivity index (χ1n) is 6.12. The van der Waals surface area contributed by atoms with Gasteiger partial charge in [-0.1, -0.05) is 6.58 Å². The van der Waals surface area contributed by atoms with E-state index < -0.39 is 35.2 Å². The first-order valence-corrected chi connectivity index (χ1v) is 6.12. The lowest BCUT2D eigenvalue weighted by Crippen LogP contribution is -2.46. The van der Waals surface area contributed by atoms with Gasteiger partial charge in [0, 0.05) is 11.8 Å². The average molecular weight is 281 g/mol. The molecule has 2 bridgehead atoms. The van der Waals surface area contributed by atoms with Crippen molar-refractivity contribution in [2.24, 2.45) is 5.73 Å². The number of aromatic amines is 1. The molecule has 0 aliphatic carbocycles. The summed E-state index contributed by atoms with van der Waals surface area (Å²) in [5, 5.41) is 9.71. The summed E-state index contributed by atoms with van der Waals surface area (Å²) in [6.07, 6.45) is -0.0243. The third-order valence-corrected chi connectivity index (χ3v) is 3.90. The van der Waals surface area contributed by atoms with Crippen LogP contribution in [0.4, 0.5) is 0 Å². The number of hydrogen-bond donors (Lipinski definition) is 3. The van der Waals surface area contributed by atoms with Gasteiger partial charge in [0.1, 0.15) is 11.9 Å². The number of aliphatic hydroxyl groups excluding tert-OH is 1. The van der Waals surface area contributed by atoms with Crippen LogP contribution in [0.3, 0.4) is 0 Å². The van der Waals surface area contributed by atoms with Crippen molar-refractivity contribution >= 4 is 0 Å². The van der Waals surface area contributed by atoms with E-state index >= 15 is 0 Å². The Labute approximate surface area is 113 Å². The summed E-state index contributed by atoms with van der Waals surface area (Å²) >= 11 is 0. The number of H-pyrrole nitrogens is 1. The number of nitrogens with one attached hydrogen (secondary N) is 1. The molecule has 2 aliphatic heterocycles. The van der Waals surface area contributed by atoms with Gasteiger partial charge in [-0.05, 0) is 6.92 Å². The molecule has 1 aromatic heterocycles. The number of aliphatic hydroxyl groups is 1. The zero-order valence-corrected chi connectivity index (χ0v) is 10.8. The molecule has 20 heavy (non-hydrogen) atoms. The van der Waals surface area contributed by atoms with Gasteiger partial charge in [0.05, 0.1) is 12.6 Å². The second-order valence-corrected chi connectivity index (χ2v) is 5.12. The quantitative estimate of drug-likeness (QED) is 0.593. The highest BCUT2D eigenvalue weighted by Gasteiger charge is 2.62.